The standard InChI is InChI=1S/C13H12FNO/c14-13-6-3-10(7-11(13)8-15)9-1-4-12(16)5-2-9/h1-7,16H,8,15H2. The first-order valence-corrected chi connectivity index (χ1v) is 4.98. The molecule has 0 saturated heterocycles. The third kappa shape index (κ3) is 2.04. The Labute approximate surface area is 93.2 Å². The van der Waals surface area contributed by atoms with Gasteiger partial charge in [-0.1, -0.05) is 18.2 Å². The summed E-state index contributed by atoms with van der Waals surface area (Å²) in [5, 5.41) is 9.17. The lowest BCUT2D eigenvalue weighted by molar-refractivity contribution is 0.475. The van der Waals surface area contributed by atoms with Gasteiger partial charge in [0.2, 0.25) is 0 Å². The SMILES string of the molecule is NCc1cc(-c2ccc(O)cc2)ccc1F. The maximum atomic E-state index is 13.2. The van der Waals surface area contributed by atoms with Crippen molar-refractivity contribution in [1.82, 2.24) is 0 Å². The zero-order valence-electron chi connectivity index (χ0n) is 8.65. The Morgan fingerprint density at radius 1 is 1.00 bits per heavy atom. The van der Waals surface area contributed by atoms with Crippen LogP contribution in [-0.4, -0.2) is 5.11 Å². The van der Waals surface area contributed by atoms with Gasteiger partial charge in [0.1, 0.15) is 11.6 Å². The van der Waals surface area contributed by atoms with Crippen LogP contribution in [0.3, 0.4) is 0 Å². The minimum absolute atomic E-state index is 0.178. The van der Waals surface area contributed by atoms with Crippen LogP contribution in [0.5, 0.6) is 5.75 Å². The number of rotatable bonds is 2. The van der Waals surface area contributed by atoms with Gasteiger partial charge in [0.05, 0.1) is 0 Å². The van der Waals surface area contributed by atoms with E-state index in [1.54, 1.807) is 36.4 Å². The van der Waals surface area contributed by atoms with Gasteiger partial charge in [-0.05, 0) is 35.4 Å². The molecule has 2 aromatic carbocycles. The van der Waals surface area contributed by atoms with Gasteiger partial charge in [-0.3, -0.25) is 0 Å². The van der Waals surface area contributed by atoms with Gasteiger partial charge >= 0.3 is 0 Å². The van der Waals surface area contributed by atoms with Gasteiger partial charge in [0.15, 0.2) is 0 Å². The summed E-state index contributed by atoms with van der Waals surface area (Å²) < 4.78 is 13.2. The normalized spacial score (nSPS) is 10.4. The van der Waals surface area contributed by atoms with Crippen molar-refractivity contribution < 1.29 is 9.50 Å². The van der Waals surface area contributed by atoms with E-state index in [2.05, 4.69) is 0 Å². The second kappa shape index (κ2) is 4.33. The van der Waals surface area contributed by atoms with Crippen LogP contribution in [0, 0.1) is 5.82 Å². The van der Waals surface area contributed by atoms with Crippen LogP contribution < -0.4 is 5.73 Å². The predicted molar refractivity (Wildman–Crippen MR) is 61.4 cm³/mol. The summed E-state index contributed by atoms with van der Waals surface area (Å²) in [7, 11) is 0. The minimum atomic E-state index is -0.287. The molecular weight excluding hydrogens is 205 g/mol. The molecule has 2 rings (SSSR count). The minimum Gasteiger partial charge on any atom is -0.508 e. The Morgan fingerprint density at radius 3 is 2.25 bits per heavy atom. The summed E-state index contributed by atoms with van der Waals surface area (Å²) in [5.74, 6) is -0.0741. The van der Waals surface area contributed by atoms with Crippen molar-refractivity contribution in [2.75, 3.05) is 0 Å². The van der Waals surface area contributed by atoms with E-state index in [4.69, 9.17) is 10.8 Å². The number of phenols is 1. The molecule has 0 unspecified atom stereocenters. The number of halogens is 1. The van der Waals surface area contributed by atoms with Crippen LogP contribution in [0.2, 0.25) is 0 Å². The van der Waals surface area contributed by atoms with Crippen molar-refractivity contribution >= 4 is 0 Å². The molecule has 0 fully saturated rings. The van der Waals surface area contributed by atoms with Crippen molar-refractivity contribution in [2.45, 2.75) is 6.54 Å². The van der Waals surface area contributed by atoms with Crippen LogP contribution in [0.25, 0.3) is 11.1 Å². The first-order chi connectivity index (χ1) is 7.70. The molecule has 3 heteroatoms. The molecule has 0 atom stereocenters. The first-order valence-electron chi connectivity index (χ1n) is 4.98. The zero-order chi connectivity index (χ0) is 11.5. The van der Waals surface area contributed by atoms with E-state index in [0.29, 0.717) is 5.56 Å². The van der Waals surface area contributed by atoms with Crippen LogP contribution in [-0.2, 0) is 6.54 Å². The van der Waals surface area contributed by atoms with E-state index in [-0.39, 0.29) is 18.1 Å². The highest BCUT2D eigenvalue weighted by Crippen LogP contribution is 2.23. The van der Waals surface area contributed by atoms with Crippen molar-refractivity contribution in [3.8, 4) is 16.9 Å². The molecule has 0 aliphatic heterocycles. The third-order valence-corrected chi connectivity index (χ3v) is 2.47. The van der Waals surface area contributed by atoms with E-state index in [1.165, 1.54) is 6.07 Å². The average molecular weight is 217 g/mol. The number of hydrogen-bond acceptors (Lipinski definition) is 2. The molecule has 0 saturated carbocycles. The molecule has 0 radical (unpaired) electrons. The van der Waals surface area contributed by atoms with Gasteiger partial charge in [-0.2, -0.15) is 0 Å². The molecular formula is C13H12FNO. The van der Waals surface area contributed by atoms with Gasteiger partial charge in [0.25, 0.3) is 0 Å². The summed E-state index contributed by atoms with van der Waals surface area (Å²) in [6.45, 7) is 0.178. The summed E-state index contributed by atoms with van der Waals surface area (Å²) >= 11 is 0. The molecule has 0 aliphatic rings. The molecule has 82 valence electrons. The summed E-state index contributed by atoms with van der Waals surface area (Å²) in [6, 6.07) is 11.6. The smallest absolute Gasteiger partial charge is 0.127 e. The highest BCUT2D eigenvalue weighted by molar-refractivity contribution is 5.64. The third-order valence-electron chi connectivity index (χ3n) is 2.47. The molecule has 0 aliphatic carbocycles. The summed E-state index contributed by atoms with van der Waals surface area (Å²) in [4.78, 5) is 0. The zero-order valence-corrected chi connectivity index (χ0v) is 8.65. The van der Waals surface area contributed by atoms with E-state index >= 15 is 0 Å². The number of aromatic hydroxyl groups is 1. The quantitative estimate of drug-likeness (QED) is 0.812. The maximum Gasteiger partial charge on any atom is 0.127 e. The Bertz CT molecular complexity index is 494. The van der Waals surface area contributed by atoms with Gasteiger partial charge < -0.3 is 10.8 Å². The Balaban J connectivity index is 2.44. The average Bonchev–Trinajstić information content (AvgIpc) is 2.31. The predicted octanol–water partition coefficient (Wildman–Crippen LogP) is 2.66. The number of nitrogens with two attached hydrogens (primary N) is 1. The molecule has 0 aromatic heterocycles. The maximum absolute atomic E-state index is 13.2. The van der Waals surface area contributed by atoms with Crippen LogP contribution in [0.4, 0.5) is 4.39 Å². The fraction of sp³-hybridized carbons (Fsp3) is 0.0769. The lowest BCUT2D eigenvalue weighted by atomic mass is 10.0. The molecule has 3 N–H and O–H groups in total. The van der Waals surface area contributed by atoms with Crippen molar-refractivity contribution in [2.24, 2.45) is 5.73 Å². The Hall–Kier alpha value is -1.87. The van der Waals surface area contributed by atoms with E-state index in [9.17, 15) is 4.39 Å². The van der Waals surface area contributed by atoms with Crippen molar-refractivity contribution in [3.05, 3.63) is 53.8 Å². The van der Waals surface area contributed by atoms with Crippen molar-refractivity contribution in [1.29, 1.82) is 0 Å². The molecule has 0 spiro atoms. The highest BCUT2D eigenvalue weighted by Gasteiger charge is 2.03. The number of benzene rings is 2. The van der Waals surface area contributed by atoms with Gasteiger partial charge in [-0.15, -0.1) is 0 Å². The Morgan fingerprint density at radius 2 is 1.62 bits per heavy atom. The van der Waals surface area contributed by atoms with E-state index in [0.717, 1.165) is 11.1 Å². The summed E-state index contributed by atoms with van der Waals surface area (Å²) in [5.41, 5.74) is 7.75. The van der Waals surface area contributed by atoms with Crippen LogP contribution >= 0.6 is 0 Å². The Kier molecular flexibility index (Phi) is 2.88. The lowest BCUT2D eigenvalue weighted by Gasteiger charge is -2.05. The van der Waals surface area contributed by atoms with Gasteiger partial charge in [0, 0.05) is 12.1 Å². The number of hydrogen-bond donors (Lipinski definition) is 2. The second-order valence-electron chi connectivity index (χ2n) is 3.56. The summed E-state index contributed by atoms with van der Waals surface area (Å²) in [6.07, 6.45) is 0. The molecule has 16 heavy (non-hydrogen) atoms. The monoisotopic (exact) mass is 217 g/mol. The van der Waals surface area contributed by atoms with Gasteiger partial charge in [-0.25, -0.2) is 4.39 Å². The molecule has 2 nitrogen and oxygen atoms in total. The lowest BCUT2D eigenvalue weighted by Crippen LogP contribution is -1.99. The van der Waals surface area contributed by atoms with Crippen LogP contribution in [0.1, 0.15) is 5.56 Å². The van der Waals surface area contributed by atoms with E-state index < -0.39 is 0 Å². The number of phenolic OH excluding ortho intramolecular Hbond substituents is 1. The highest BCUT2D eigenvalue weighted by atomic mass is 19.1. The molecule has 0 bridgehead atoms. The fourth-order valence-electron chi connectivity index (χ4n) is 1.56. The molecule has 0 heterocycles. The molecule has 0 amide bonds. The van der Waals surface area contributed by atoms with E-state index in [1.807, 2.05) is 0 Å². The topological polar surface area (TPSA) is 46.2 Å². The first kappa shape index (κ1) is 10.6. The van der Waals surface area contributed by atoms with Crippen LogP contribution in [0.15, 0.2) is 42.5 Å². The van der Waals surface area contributed by atoms with Crippen molar-refractivity contribution in [3.63, 3.8) is 0 Å². The fourth-order valence-corrected chi connectivity index (χ4v) is 1.56. The second-order valence-corrected chi connectivity index (χ2v) is 3.56. The molecule has 2 aromatic rings. The largest absolute Gasteiger partial charge is 0.508 e.